The lowest BCUT2D eigenvalue weighted by Crippen LogP contribution is -2.36. The molecule has 9 heteroatoms. The van der Waals surface area contributed by atoms with Gasteiger partial charge in [0.05, 0.1) is 13.2 Å². The largest absolute Gasteiger partial charge is 0.451 e. The van der Waals surface area contributed by atoms with Crippen LogP contribution in [0, 0.1) is 13.8 Å². The highest BCUT2D eigenvalue weighted by Crippen LogP contribution is 2.34. The average Bonchev–Trinajstić information content (AvgIpc) is 3.42. The number of anilines is 2. The minimum absolute atomic E-state index is 0.252. The van der Waals surface area contributed by atoms with Crippen molar-refractivity contribution in [3.05, 3.63) is 64.4 Å². The molecule has 1 saturated heterocycles. The quantitative estimate of drug-likeness (QED) is 0.376. The first-order valence-electron chi connectivity index (χ1n) is 10.8. The van der Waals surface area contributed by atoms with Gasteiger partial charge in [0.2, 0.25) is 0 Å². The van der Waals surface area contributed by atoms with Gasteiger partial charge in [-0.25, -0.2) is 0 Å². The monoisotopic (exact) mass is 480 g/mol. The zero-order valence-corrected chi connectivity index (χ0v) is 20.1. The minimum Gasteiger partial charge on any atom is -0.451 e. The van der Waals surface area contributed by atoms with Crippen LogP contribution in [0.1, 0.15) is 26.7 Å². The van der Waals surface area contributed by atoms with Gasteiger partial charge in [-0.05, 0) is 43.7 Å². The summed E-state index contributed by atoms with van der Waals surface area (Å²) in [6.45, 7) is 7.16. The van der Waals surface area contributed by atoms with Crippen LogP contribution in [-0.2, 0) is 10.5 Å². The molecule has 3 heterocycles. The average molecular weight is 481 g/mol. The number of amides is 1. The number of carbonyl (C=O) groups excluding carboxylic acids is 1. The third kappa shape index (κ3) is 4.75. The summed E-state index contributed by atoms with van der Waals surface area (Å²) in [6.07, 6.45) is 0. The van der Waals surface area contributed by atoms with Gasteiger partial charge in [0.25, 0.3) is 5.91 Å². The van der Waals surface area contributed by atoms with E-state index >= 15 is 0 Å². The van der Waals surface area contributed by atoms with Crippen molar-refractivity contribution in [2.24, 2.45) is 0 Å². The summed E-state index contributed by atoms with van der Waals surface area (Å²) in [6, 6.07) is 13.8. The Morgan fingerprint density at radius 2 is 1.97 bits per heavy atom. The molecule has 2 aromatic carbocycles. The van der Waals surface area contributed by atoms with E-state index in [4.69, 9.17) is 9.15 Å². The molecule has 0 atom stereocenters. The Morgan fingerprint density at radius 1 is 1.15 bits per heavy atom. The van der Waals surface area contributed by atoms with E-state index in [1.807, 2.05) is 50.2 Å². The van der Waals surface area contributed by atoms with Gasteiger partial charge >= 0.3 is 0 Å². The molecule has 1 fully saturated rings. The number of thioether (sulfide) groups is 1. The van der Waals surface area contributed by atoms with Gasteiger partial charge in [0, 0.05) is 41.2 Å². The number of hydrogen-bond acceptors (Lipinski definition) is 8. The Balaban J connectivity index is 1.38. The molecule has 0 aliphatic carbocycles. The number of aryl methyl sites for hydroxylation is 2. The maximum absolute atomic E-state index is 13.3. The molecule has 1 aliphatic heterocycles. The molecule has 170 valence electrons. The summed E-state index contributed by atoms with van der Waals surface area (Å²) in [4.78, 5) is 15.6. The zero-order chi connectivity index (χ0) is 22.8. The summed E-state index contributed by atoms with van der Waals surface area (Å²) in [5.74, 6) is 0.655. The fourth-order valence-electron chi connectivity index (χ4n) is 3.88. The highest BCUT2D eigenvalue weighted by Gasteiger charge is 2.22. The van der Waals surface area contributed by atoms with E-state index in [0.29, 0.717) is 17.1 Å². The van der Waals surface area contributed by atoms with Gasteiger partial charge in [0.1, 0.15) is 10.6 Å². The molecule has 2 aromatic heterocycles. The van der Waals surface area contributed by atoms with Crippen molar-refractivity contribution in [1.29, 1.82) is 0 Å². The SMILES string of the molecule is Cc1nnc(SCc2c(C(=O)Nc3ccc(N4CCOCC4)cc3C)oc3ccccc23)s1. The van der Waals surface area contributed by atoms with Crippen LogP contribution < -0.4 is 10.2 Å². The first kappa shape index (κ1) is 21.9. The highest BCUT2D eigenvalue weighted by molar-refractivity contribution is 8.00. The number of nitrogens with one attached hydrogen (secondary N) is 1. The third-order valence-electron chi connectivity index (χ3n) is 5.59. The van der Waals surface area contributed by atoms with Gasteiger partial charge in [-0.2, -0.15) is 0 Å². The van der Waals surface area contributed by atoms with Crippen molar-refractivity contribution in [2.75, 3.05) is 36.5 Å². The molecule has 0 bridgehead atoms. The zero-order valence-electron chi connectivity index (χ0n) is 18.5. The van der Waals surface area contributed by atoms with Crippen LogP contribution in [0.5, 0.6) is 0 Å². The number of morpholine rings is 1. The molecule has 5 rings (SSSR count). The summed E-state index contributed by atoms with van der Waals surface area (Å²) in [5.41, 5.74) is 4.48. The number of benzene rings is 2. The van der Waals surface area contributed by atoms with Crippen molar-refractivity contribution >= 4 is 51.3 Å². The van der Waals surface area contributed by atoms with Crippen molar-refractivity contribution < 1.29 is 13.9 Å². The van der Waals surface area contributed by atoms with Gasteiger partial charge in [0.15, 0.2) is 10.1 Å². The number of rotatable bonds is 6. The third-order valence-corrected chi connectivity index (χ3v) is 7.58. The minimum atomic E-state index is -0.252. The van der Waals surface area contributed by atoms with Crippen molar-refractivity contribution in [3.63, 3.8) is 0 Å². The second-order valence-corrected chi connectivity index (χ2v) is 10.2. The fraction of sp³-hybridized carbons (Fsp3) is 0.292. The van der Waals surface area contributed by atoms with Crippen LogP contribution in [-0.4, -0.2) is 42.4 Å². The number of furan rings is 1. The van der Waals surface area contributed by atoms with Gasteiger partial charge in [-0.15, -0.1) is 10.2 Å². The first-order valence-corrected chi connectivity index (χ1v) is 12.6. The lowest BCUT2D eigenvalue weighted by Gasteiger charge is -2.29. The van der Waals surface area contributed by atoms with Gasteiger partial charge < -0.3 is 19.4 Å². The van der Waals surface area contributed by atoms with Crippen molar-refractivity contribution in [1.82, 2.24) is 10.2 Å². The lowest BCUT2D eigenvalue weighted by molar-refractivity contribution is 0.0997. The Hall–Kier alpha value is -2.88. The van der Waals surface area contributed by atoms with Crippen LogP contribution in [0.4, 0.5) is 11.4 Å². The number of para-hydroxylation sites is 1. The number of carbonyl (C=O) groups is 1. The molecule has 0 saturated carbocycles. The predicted octanol–water partition coefficient (Wildman–Crippen LogP) is 5.28. The molecule has 1 N–H and O–H groups in total. The number of nitrogens with zero attached hydrogens (tertiary/aromatic N) is 3. The first-order chi connectivity index (χ1) is 16.1. The van der Waals surface area contributed by atoms with Crippen molar-refractivity contribution in [3.8, 4) is 0 Å². The molecular formula is C24H24N4O3S2. The molecule has 33 heavy (non-hydrogen) atoms. The maximum atomic E-state index is 13.3. The normalized spacial score (nSPS) is 14.1. The van der Waals surface area contributed by atoms with Gasteiger partial charge in [-0.3, -0.25) is 4.79 Å². The van der Waals surface area contributed by atoms with E-state index in [0.717, 1.165) is 63.5 Å². The molecule has 0 unspecified atom stereocenters. The Labute approximate surface area is 200 Å². The van der Waals surface area contributed by atoms with E-state index in [9.17, 15) is 4.79 Å². The standard InChI is InChI=1S/C24H24N4O3S2/c1-15-13-17(28-9-11-30-12-10-28)7-8-20(15)25-23(29)22-19(14-32-24-27-26-16(2)33-24)18-5-3-4-6-21(18)31-22/h3-8,13H,9-12,14H2,1-2H3,(H,25,29). The fourth-order valence-corrected chi connectivity index (χ4v) is 5.72. The topological polar surface area (TPSA) is 80.5 Å². The molecule has 0 radical (unpaired) electrons. The maximum Gasteiger partial charge on any atom is 0.291 e. The summed E-state index contributed by atoms with van der Waals surface area (Å²) >= 11 is 3.11. The molecule has 7 nitrogen and oxygen atoms in total. The van der Waals surface area contributed by atoms with Crippen LogP contribution >= 0.6 is 23.1 Å². The second kappa shape index (κ2) is 9.54. The summed E-state index contributed by atoms with van der Waals surface area (Å²) < 4.78 is 12.3. The highest BCUT2D eigenvalue weighted by atomic mass is 32.2. The van der Waals surface area contributed by atoms with Gasteiger partial charge in [-0.1, -0.05) is 41.3 Å². The van der Waals surface area contributed by atoms with Crippen LogP contribution in [0.25, 0.3) is 11.0 Å². The number of fused-ring (bicyclic) bond motifs is 1. The molecule has 4 aromatic rings. The van der Waals surface area contributed by atoms with E-state index < -0.39 is 0 Å². The van der Waals surface area contributed by atoms with Crippen LogP contribution in [0.3, 0.4) is 0 Å². The number of ether oxygens (including phenoxy) is 1. The van der Waals surface area contributed by atoms with Crippen LogP contribution in [0.2, 0.25) is 0 Å². The number of aromatic nitrogens is 2. The number of hydrogen-bond donors (Lipinski definition) is 1. The predicted molar refractivity (Wildman–Crippen MR) is 133 cm³/mol. The van der Waals surface area contributed by atoms with E-state index in [-0.39, 0.29) is 5.91 Å². The second-order valence-electron chi connectivity index (χ2n) is 7.83. The molecule has 1 aliphatic rings. The molecular weight excluding hydrogens is 456 g/mol. The Morgan fingerprint density at radius 3 is 2.73 bits per heavy atom. The molecule has 0 spiro atoms. The van der Waals surface area contributed by atoms with E-state index in [2.05, 4.69) is 26.5 Å². The van der Waals surface area contributed by atoms with Crippen molar-refractivity contribution in [2.45, 2.75) is 23.9 Å². The smallest absolute Gasteiger partial charge is 0.291 e. The van der Waals surface area contributed by atoms with E-state index in [1.54, 1.807) is 23.1 Å². The Bertz CT molecular complexity index is 1290. The Kier molecular flexibility index (Phi) is 6.34. The molecule has 1 amide bonds. The lowest BCUT2D eigenvalue weighted by atomic mass is 10.1. The van der Waals surface area contributed by atoms with E-state index in [1.165, 1.54) is 0 Å². The van der Waals surface area contributed by atoms with Crippen LogP contribution in [0.15, 0.2) is 51.2 Å². The summed E-state index contributed by atoms with van der Waals surface area (Å²) in [7, 11) is 0. The summed E-state index contributed by atoms with van der Waals surface area (Å²) in [5, 5.41) is 13.2.